The second kappa shape index (κ2) is 9.45. The van der Waals surface area contributed by atoms with Gasteiger partial charge in [-0.3, -0.25) is 4.79 Å². The maximum Gasteiger partial charge on any atom is 0.234 e. The number of rotatable bonds is 7. The zero-order valence-corrected chi connectivity index (χ0v) is 19.1. The summed E-state index contributed by atoms with van der Waals surface area (Å²) < 4.78 is 6.30. The molecule has 4 aromatic rings. The van der Waals surface area contributed by atoms with Crippen molar-refractivity contribution in [3.63, 3.8) is 0 Å². The molecule has 1 N–H and O–H groups in total. The third kappa shape index (κ3) is 4.70. The van der Waals surface area contributed by atoms with E-state index in [1.54, 1.807) is 18.4 Å². The summed E-state index contributed by atoms with van der Waals surface area (Å²) in [5.41, 5.74) is 4.43. The maximum absolute atomic E-state index is 12.5. The predicted octanol–water partition coefficient (Wildman–Crippen LogP) is 5.36. The molecule has 31 heavy (non-hydrogen) atoms. The molecule has 2 aromatic carbocycles. The number of ether oxygens (including phenoxy) is 1. The number of fused-ring (bicyclic) bond motifs is 1. The molecule has 2 heterocycles. The minimum Gasteiger partial charge on any atom is -0.497 e. The fraction of sp³-hybridized carbons (Fsp3) is 0.217. The summed E-state index contributed by atoms with van der Waals surface area (Å²) in [6.07, 6.45) is 0.861. The summed E-state index contributed by atoms with van der Waals surface area (Å²) in [5, 5.41) is 13.4. The number of thiazole rings is 1. The van der Waals surface area contributed by atoms with Gasteiger partial charge < -0.3 is 10.1 Å². The van der Waals surface area contributed by atoms with Crippen LogP contribution in [0, 0.1) is 6.92 Å². The van der Waals surface area contributed by atoms with Crippen molar-refractivity contribution in [3.05, 3.63) is 59.1 Å². The molecule has 4 rings (SSSR count). The van der Waals surface area contributed by atoms with Crippen LogP contribution in [0.2, 0.25) is 0 Å². The predicted molar refractivity (Wildman–Crippen MR) is 127 cm³/mol. The van der Waals surface area contributed by atoms with Crippen LogP contribution in [0.5, 0.6) is 5.75 Å². The molecule has 0 saturated carbocycles. The van der Waals surface area contributed by atoms with Gasteiger partial charge in [-0.15, -0.1) is 21.5 Å². The lowest BCUT2D eigenvalue weighted by Gasteiger charge is -2.09. The number of benzene rings is 2. The molecule has 2 aromatic heterocycles. The Balaban J connectivity index is 1.57. The average molecular weight is 451 g/mol. The number of nitrogens with one attached hydrogen (secondary N) is 1. The first kappa shape index (κ1) is 21.3. The van der Waals surface area contributed by atoms with Crippen LogP contribution in [0.15, 0.2) is 53.6 Å². The van der Waals surface area contributed by atoms with Gasteiger partial charge in [0.25, 0.3) is 0 Å². The molecule has 0 saturated heterocycles. The fourth-order valence-corrected chi connectivity index (χ4v) is 4.96. The quantitative estimate of drug-likeness (QED) is 0.382. The molecule has 1 amide bonds. The van der Waals surface area contributed by atoms with E-state index in [-0.39, 0.29) is 11.7 Å². The van der Waals surface area contributed by atoms with E-state index in [9.17, 15) is 4.79 Å². The lowest BCUT2D eigenvalue weighted by molar-refractivity contribution is -0.113. The number of para-hydroxylation sites is 1. The highest BCUT2D eigenvalue weighted by atomic mass is 32.2. The van der Waals surface area contributed by atoms with Gasteiger partial charge in [0.2, 0.25) is 5.91 Å². The van der Waals surface area contributed by atoms with E-state index < -0.39 is 0 Å². The number of carbonyl (C=O) groups excluding carboxylic acids is 1. The van der Waals surface area contributed by atoms with Crippen molar-refractivity contribution < 1.29 is 9.53 Å². The number of methoxy groups -OCH3 is 1. The van der Waals surface area contributed by atoms with E-state index in [2.05, 4.69) is 27.4 Å². The van der Waals surface area contributed by atoms with Crippen LogP contribution in [-0.4, -0.2) is 34.0 Å². The molecular formula is C23H22N4O2S2. The lowest BCUT2D eigenvalue weighted by atomic mass is 10.1. The Bertz CT molecular complexity index is 1240. The maximum atomic E-state index is 12.5. The first-order chi connectivity index (χ1) is 15.1. The van der Waals surface area contributed by atoms with Crippen molar-refractivity contribution in [2.24, 2.45) is 0 Å². The molecule has 0 atom stereocenters. The molecule has 0 aliphatic rings. The monoisotopic (exact) mass is 450 g/mol. The highest BCUT2D eigenvalue weighted by molar-refractivity contribution is 8.00. The molecule has 0 aliphatic heterocycles. The largest absolute Gasteiger partial charge is 0.497 e. The smallest absolute Gasteiger partial charge is 0.234 e. The standard InChI is InChI=1S/C23H22N4O2S2/c1-4-15-8-5-6-11-18(15)25-19(28)13-30-23-21-22(31-14(2)24-21)20(26-27-23)16-9-7-10-17(12-16)29-3/h5-12H,4,13H2,1-3H3,(H,25,28). The molecular weight excluding hydrogens is 428 g/mol. The van der Waals surface area contributed by atoms with Crippen LogP contribution < -0.4 is 10.1 Å². The van der Waals surface area contributed by atoms with Gasteiger partial charge in [0.05, 0.1) is 22.6 Å². The van der Waals surface area contributed by atoms with E-state index in [1.807, 2.05) is 55.5 Å². The van der Waals surface area contributed by atoms with Crippen molar-refractivity contribution in [1.82, 2.24) is 15.2 Å². The Hall–Kier alpha value is -2.97. The summed E-state index contributed by atoms with van der Waals surface area (Å²) >= 11 is 2.92. The number of carbonyl (C=O) groups is 1. The Kier molecular flexibility index (Phi) is 6.48. The van der Waals surface area contributed by atoms with Gasteiger partial charge in [0.1, 0.15) is 22.0 Å². The van der Waals surface area contributed by atoms with Crippen LogP contribution in [0.3, 0.4) is 0 Å². The molecule has 0 spiro atoms. The van der Waals surface area contributed by atoms with Crippen LogP contribution >= 0.6 is 23.1 Å². The first-order valence-electron chi connectivity index (χ1n) is 9.87. The van der Waals surface area contributed by atoms with Crippen molar-refractivity contribution in [1.29, 1.82) is 0 Å². The zero-order chi connectivity index (χ0) is 21.8. The number of hydrogen-bond donors (Lipinski definition) is 1. The van der Waals surface area contributed by atoms with Crippen LogP contribution in [-0.2, 0) is 11.2 Å². The summed E-state index contributed by atoms with van der Waals surface area (Å²) in [6.45, 7) is 4.03. The summed E-state index contributed by atoms with van der Waals surface area (Å²) in [4.78, 5) is 17.2. The van der Waals surface area contributed by atoms with Gasteiger partial charge >= 0.3 is 0 Å². The number of hydrogen-bond acceptors (Lipinski definition) is 7. The lowest BCUT2D eigenvalue weighted by Crippen LogP contribution is -2.15. The Morgan fingerprint density at radius 1 is 1.16 bits per heavy atom. The molecule has 0 aliphatic carbocycles. The second-order valence-corrected chi connectivity index (χ2v) is 9.01. The topological polar surface area (TPSA) is 77.0 Å². The van der Waals surface area contributed by atoms with Gasteiger partial charge in [0.15, 0.2) is 0 Å². The molecule has 0 radical (unpaired) electrons. The van der Waals surface area contributed by atoms with Crippen molar-refractivity contribution >= 4 is 44.9 Å². The van der Waals surface area contributed by atoms with Gasteiger partial charge in [-0.25, -0.2) is 4.98 Å². The first-order valence-corrected chi connectivity index (χ1v) is 11.7. The third-order valence-electron chi connectivity index (χ3n) is 4.75. The molecule has 0 bridgehead atoms. The van der Waals surface area contributed by atoms with Gasteiger partial charge in [-0.2, -0.15) is 0 Å². The molecule has 158 valence electrons. The summed E-state index contributed by atoms with van der Waals surface area (Å²) in [6, 6.07) is 15.6. The third-order valence-corrected chi connectivity index (χ3v) is 6.68. The molecule has 8 heteroatoms. The number of amides is 1. The van der Waals surface area contributed by atoms with Crippen LogP contribution in [0.1, 0.15) is 17.5 Å². The van der Waals surface area contributed by atoms with Crippen molar-refractivity contribution in [2.75, 3.05) is 18.2 Å². The Morgan fingerprint density at radius 3 is 2.81 bits per heavy atom. The van der Waals surface area contributed by atoms with Crippen molar-refractivity contribution in [3.8, 4) is 17.0 Å². The fourth-order valence-electron chi connectivity index (χ4n) is 3.25. The van der Waals surface area contributed by atoms with Crippen molar-refractivity contribution in [2.45, 2.75) is 25.3 Å². The van der Waals surface area contributed by atoms with E-state index in [4.69, 9.17) is 4.74 Å². The van der Waals surface area contributed by atoms with Gasteiger partial charge in [-0.1, -0.05) is 49.0 Å². The molecule has 6 nitrogen and oxygen atoms in total. The van der Waals surface area contributed by atoms with Gasteiger partial charge in [0, 0.05) is 11.3 Å². The number of aromatic nitrogens is 3. The highest BCUT2D eigenvalue weighted by Crippen LogP contribution is 2.36. The molecule has 0 unspecified atom stereocenters. The van der Waals surface area contributed by atoms with E-state index in [1.165, 1.54) is 11.8 Å². The average Bonchev–Trinajstić information content (AvgIpc) is 3.19. The zero-order valence-electron chi connectivity index (χ0n) is 17.5. The van der Waals surface area contributed by atoms with Gasteiger partial charge in [-0.05, 0) is 37.1 Å². The van der Waals surface area contributed by atoms with E-state index in [0.717, 1.165) is 49.9 Å². The Labute approximate surface area is 189 Å². The number of aryl methyl sites for hydroxylation is 2. The number of thioether (sulfide) groups is 1. The van der Waals surface area contributed by atoms with Crippen LogP contribution in [0.4, 0.5) is 5.69 Å². The number of anilines is 1. The Morgan fingerprint density at radius 2 is 2.00 bits per heavy atom. The minimum atomic E-state index is -0.0790. The van der Waals surface area contributed by atoms with Crippen LogP contribution in [0.25, 0.3) is 21.5 Å². The minimum absolute atomic E-state index is 0.0790. The second-order valence-electron chi connectivity index (χ2n) is 6.84. The SMILES string of the molecule is CCc1ccccc1NC(=O)CSc1nnc(-c2cccc(OC)c2)c2sc(C)nc12. The number of nitrogens with zero attached hydrogens (tertiary/aromatic N) is 3. The normalized spacial score (nSPS) is 10.9. The van der Waals surface area contributed by atoms with E-state index in [0.29, 0.717) is 5.03 Å². The molecule has 0 fully saturated rings. The van der Waals surface area contributed by atoms with E-state index >= 15 is 0 Å². The summed E-state index contributed by atoms with van der Waals surface area (Å²) in [5.74, 6) is 0.914. The summed E-state index contributed by atoms with van der Waals surface area (Å²) in [7, 11) is 1.64. The highest BCUT2D eigenvalue weighted by Gasteiger charge is 2.17.